The number of likely N-dealkylation sites (tertiary alicyclic amines) is 1. The fourth-order valence-corrected chi connectivity index (χ4v) is 3.31. The summed E-state index contributed by atoms with van der Waals surface area (Å²) in [6.07, 6.45) is 1.08. The first-order valence-corrected chi connectivity index (χ1v) is 7.63. The van der Waals surface area contributed by atoms with E-state index in [0.29, 0.717) is 34.8 Å². The Labute approximate surface area is 133 Å². The molecule has 0 aliphatic carbocycles. The Kier molecular flexibility index (Phi) is 3.74. The van der Waals surface area contributed by atoms with Crippen molar-refractivity contribution < 1.29 is 14.7 Å². The van der Waals surface area contributed by atoms with Gasteiger partial charge in [0, 0.05) is 22.5 Å². The van der Waals surface area contributed by atoms with Crippen LogP contribution < -0.4 is 5.56 Å². The summed E-state index contributed by atoms with van der Waals surface area (Å²) in [6, 6.07) is 5.67. The van der Waals surface area contributed by atoms with Gasteiger partial charge in [-0.3, -0.25) is 9.59 Å². The maximum Gasteiger partial charge on any atom is 0.326 e. The largest absolute Gasteiger partial charge is 0.480 e. The Morgan fingerprint density at radius 2 is 2.14 bits per heavy atom. The van der Waals surface area contributed by atoms with Crippen LogP contribution in [0.15, 0.2) is 33.5 Å². The van der Waals surface area contributed by atoms with Crippen molar-refractivity contribution in [2.45, 2.75) is 18.9 Å². The van der Waals surface area contributed by atoms with E-state index in [0.717, 1.165) is 0 Å². The fraction of sp³-hybridized carbons (Fsp3) is 0.267. The van der Waals surface area contributed by atoms with Gasteiger partial charge < -0.3 is 15.0 Å². The molecule has 3 rings (SSSR count). The number of nitrogens with zero attached hydrogens (tertiary/aromatic N) is 1. The van der Waals surface area contributed by atoms with Crippen LogP contribution in [0.5, 0.6) is 0 Å². The molecule has 7 heteroatoms. The molecule has 1 aliphatic heterocycles. The summed E-state index contributed by atoms with van der Waals surface area (Å²) in [5, 5.41) is 9.81. The number of aliphatic carboxylic acids is 1. The minimum Gasteiger partial charge on any atom is -0.480 e. The molecule has 1 atom stereocenters. The highest BCUT2D eigenvalue weighted by atomic mass is 79.9. The van der Waals surface area contributed by atoms with Crippen molar-refractivity contribution in [2.75, 3.05) is 6.54 Å². The molecule has 0 saturated carbocycles. The highest BCUT2D eigenvalue weighted by Gasteiger charge is 2.35. The van der Waals surface area contributed by atoms with Crippen LogP contribution in [0.1, 0.15) is 23.2 Å². The second-order valence-electron chi connectivity index (χ2n) is 5.20. The van der Waals surface area contributed by atoms with E-state index in [1.807, 2.05) is 0 Å². The van der Waals surface area contributed by atoms with Gasteiger partial charge in [0.15, 0.2) is 0 Å². The van der Waals surface area contributed by atoms with E-state index in [2.05, 4.69) is 20.9 Å². The third-order valence-electron chi connectivity index (χ3n) is 3.86. The first kappa shape index (κ1) is 14.8. The van der Waals surface area contributed by atoms with Crippen LogP contribution in [0.3, 0.4) is 0 Å². The Bertz CT molecular complexity index is 830. The van der Waals surface area contributed by atoms with Gasteiger partial charge in [0.1, 0.15) is 6.04 Å². The minimum absolute atomic E-state index is 0.230. The summed E-state index contributed by atoms with van der Waals surface area (Å²) >= 11 is 3.34. The van der Waals surface area contributed by atoms with Crippen LogP contribution in [0.4, 0.5) is 0 Å². The van der Waals surface area contributed by atoms with Crippen molar-refractivity contribution in [3.63, 3.8) is 0 Å². The second-order valence-corrected chi connectivity index (χ2v) is 6.06. The van der Waals surface area contributed by atoms with Crippen molar-refractivity contribution in [2.24, 2.45) is 0 Å². The Hall–Kier alpha value is -2.15. The van der Waals surface area contributed by atoms with Gasteiger partial charge in [0.25, 0.3) is 5.91 Å². The van der Waals surface area contributed by atoms with Crippen molar-refractivity contribution in [1.29, 1.82) is 0 Å². The Morgan fingerprint density at radius 3 is 2.86 bits per heavy atom. The molecule has 1 amide bonds. The number of carbonyl (C=O) groups is 2. The highest BCUT2D eigenvalue weighted by molar-refractivity contribution is 9.10. The monoisotopic (exact) mass is 364 g/mol. The maximum absolute atomic E-state index is 12.7. The lowest BCUT2D eigenvalue weighted by atomic mass is 10.1. The molecular formula is C15H13BrN2O4. The van der Waals surface area contributed by atoms with Gasteiger partial charge in [-0.05, 0) is 34.8 Å². The van der Waals surface area contributed by atoms with Gasteiger partial charge in [-0.25, -0.2) is 4.79 Å². The van der Waals surface area contributed by atoms with E-state index in [-0.39, 0.29) is 5.56 Å². The molecule has 0 radical (unpaired) electrons. The zero-order valence-corrected chi connectivity index (χ0v) is 13.1. The number of halogens is 1. The van der Waals surface area contributed by atoms with E-state index in [4.69, 9.17) is 0 Å². The van der Waals surface area contributed by atoms with Crippen LogP contribution in [0, 0.1) is 0 Å². The van der Waals surface area contributed by atoms with Crippen molar-refractivity contribution in [3.05, 3.63) is 44.7 Å². The molecule has 1 aliphatic rings. The topological polar surface area (TPSA) is 90.5 Å². The summed E-state index contributed by atoms with van der Waals surface area (Å²) in [5.41, 5.74) is 0.367. The number of amides is 1. The quantitative estimate of drug-likeness (QED) is 0.852. The predicted octanol–water partition coefficient (Wildman–Crippen LogP) is 1.98. The number of aromatic nitrogens is 1. The van der Waals surface area contributed by atoms with Gasteiger partial charge in [-0.15, -0.1) is 0 Å². The molecule has 1 aromatic heterocycles. The van der Waals surface area contributed by atoms with Gasteiger partial charge in [0.2, 0.25) is 5.56 Å². The van der Waals surface area contributed by atoms with E-state index in [9.17, 15) is 19.5 Å². The van der Waals surface area contributed by atoms with E-state index < -0.39 is 23.5 Å². The van der Waals surface area contributed by atoms with Crippen molar-refractivity contribution in [3.8, 4) is 0 Å². The molecule has 6 nitrogen and oxygen atoms in total. The molecule has 1 fully saturated rings. The maximum atomic E-state index is 12.7. The molecule has 2 aromatic rings. The molecule has 114 valence electrons. The smallest absolute Gasteiger partial charge is 0.326 e. The Balaban J connectivity index is 2.14. The lowest BCUT2D eigenvalue weighted by Crippen LogP contribution is -2.40. The normalized spacial score (nSPS) is 17.9. The predicted molar refractivity (Wildman–Crippen MR) is 84.0 cm³/mol. The molecular weight excluding hydrogens is 352 g/mol. The van der Waals surface area contributed by atoms with Crippen molar-refractivity contribution in [1.82, 2.24) is 9.88 Å². The fourth-order valence-electron chi connectivity index (χ4n) is 2.84. The third kappa shape index (κ3) is 2.41. The third-order valence-corrected chi connectivity index (χ3v) is 4.52. The first-order chi connectivity index (χ1) is 10.5. The van der Waals surface area contributed by atoms with Crippen LogP contribution in [-0.4, -0.2) is 39.5 Å². The van der Waals surface area contributed by atoms with Crippen LogP contribution in [0.25, 0.3) is 10.9 Å². The molecule has 1 aromatic carbocycles. The minimum atomic E-state index is -1.01. The average Bonchev–Trinajstić information content (AvgIpc) is 2.96. The molecule has 1 unspecified atom stereocenters. The number of fused-ring (bicyclic) bond motifs is 1. The van der Waals surface area contributed by atoms with Crippen LogP contribution >= 0.6 is 15.9 Å². The number of hydrogen-bond donors (Lipinski definition) is 2. The van der Waals surface area contributed by atoms with Crippen LogP contribution in [-0.2, 0) is 4.79 Å². The summed E-state index contributed by atoms with van der Waals surface area (Å²) < 4.78 is 0.674. The molecule has 0 bridgehead atoms. The summed E-state index contributed by atoms with van der Waals surface area (Å²) in [7, 11) is 0. The number of hydrogen-bond acceptors (Lipinski definition) is 3. The van der Waals surface area contributed by atoms with Gasteiger partial charge in [0.05, 0.1) is 11.1 Å². The lowest BCUT2D eigenvalue weighted by Gasteiger charge is -2.22. The molecule has 22 heavy (non-hydrogen) atoms. The number of carboxylic acids is 1. The SMILES string of the molecule is O=C(O)C1CCCN1C(=O)c1cc(=O)[nH]c2c(Br)cccc12. The van der Waals surface area contributed by atoms with E-state index in [1.165, 1.54) is 11.0 Å². The number of pyridine rings is 1. The number of rotatable bonds is 2. The van der Waals surface area contributed by atoms with E-state index in [1.54, 1.807) is 18.2 Å². The zero-order chi connectivity index (χ0) is 15.9. The second kappa shape index (κ2) is 5.57. The van der Waals surface area contributed by atoms with Gasteiger partial charge in [-0.1, -0.05) is 12.1 Å². The molecule has 2 heterocycles. The van der Waals surface area contributed by atoms with Gasteiger partial charge in [-0.2, -0.15) is 0 Å². The molecule has 0 spiro atoms. The number of carbonyl (C=O) groups excluding carboxylic acids is 1. The summed E-state index contributed by atoms with van der Waals surface area (Å²) in [4.78, 5) is 39.8. The van der Waals surface area contributed by atoms with Gasteiger partial charge >= 0.3 is 5.97 Å². The standard InChI is InChI=1S/C15H13BrN2O4/c16-10-4-1-3-8-9(7-12(19)17-13(8)10)14(20)18-6-2-5-11(18)15(21)22/h1,3-4,7,11H,2,5-6H2,(H,17,19)(H,21,22). The van der Waals surface area contributed by atoms with Crippen molar-refractivity contribution >= 4 is 38.7 Å². The zero-order valence-electron chi connectivity index (χ0n) is 11.5. The number of carboxylic acid groups (broad SMARTS) is 1. The lowest BCUT2D eigenvalue weighted by molar-refractivity contribution is -0.141. The average molecular weight is 365 g/mol. The molecule has 2 N–H and O–H groups in total. The van der Waals surface area contributed by atoms with E-state index >= 15 is 0 Å². The number of nitrogens with one attached hydrogen (secondary N) is 1. The summed E-state index contributed by atoms with van der Waals surface area (Å²) in [5.74, 6) is -1.43. The number of aromatic amines is 1. The first-order valence-electron chi connectivity index (χ1n) is 6.84. The number of H-pyrrole nitrogens is 1. The number of para-hydroxylation sites is 1. The molecule has 1 saturated heterocycles. The summed E-state index contributed by atoms with van der Waals surface area (Å²) in [6.45, 7) is 0.387. The highest BCUT2D eigenvalue weighted by Crippen LogP contribution is 2.26. The Morgan fingerprint density at radius 1 is 1.36 bits per heavy atom. The number of benzene rings is 1. The van der Waals surface area contributed by atoms with Crippen LogP contribution in [0.2, 0.25) is 0 Å².